The molecule has 194 valence electrons. The van der Waals surface area contributed by atoms with Crippen LogP contribution in [0.1, 0.15) is 22.3 Å². The van der Waals surface area contributed by atoms with Crippen molar-refractivity contribution in [3.05, 3.63) is 83.3 Å². The number of alkyl halides is 3. The van der Waals surface area contributed by atoms with Crippen LogP contribution in [0.2, 0.25) is 5.02 Å². The number of carbonyl (C=O) groups is 2. The lowest BCUT2D eigenvalue weighted by Gasteiger charge is -2.12. The average molecular weight is 537 g/mol. The summed E-state index contributed by atoms with van der Waals surface area (Å²) in [4.78, 5) is 31.9. The highest BCUT2D eigenvalue weighted by Gasteiger charge is 2.30. The number of hydrogen-bond acceptors (Lipinski definition) is 6. The monoisotopic (exact) mass is 536 g/mol. The van der Waals surface area contributed by atoms with Gasteiger partial charge in [0, 0.05) is 24.3 Å². The highest BCUT2D eigenvalue weighted by Crippen LogP contribution is 2.29. The van der Waals surface area contributed by atoms with Gasteiger partial charge in [0.25, 0.3) is 5.91 Å². The average Bonchev–Trinajstić information content (AvgIpc) is 2.87. The second kappa shape index (κ2) is 12.2. The highest BCUT2D eigenvalue weighted by atomic mass is 35.5. The molecule has 0 atom stereocenters. The van der Waals surface area contributed by atoms with E-state index in [4.69, 9.17) is 11.6 Å². The van der Waals surface area contributed by atoms with Crippen molar-refractivity contribution in [2.24, 2.45) is 0 Å². The number of nitrogens with one attached hydrogen (secondary N) is 4. The van der Waals surface area contributed by atoms with E-state index in [0.717, 1.165) is 36.4 Å². The van der Waals surface area contributed by atoms with Crippen LogP contribution in [0.15, 0.2) is 61.3 Å². The summed E-state index contributed by atoms with van der Waals surface area (Å²) >= 11 is 6.15. The van der Waals surface area contributed by atoms with E-state index >= 15 is 0 Å². The highest BCUT2D eigenvalue weighted by molar-refractivity contribution is 6.32. The Balaban J connectivity index is 1.51. The van der Waals surface area contributed by atoms with Crippen LogP contribution in [-0.2, 0) is 11.0 Å². The predicted molar refractivity (Wildman–Crippen MR) is 132 cm³/mol. The van der Waals surface area contributed by atoms with Gasteiger partial charge in [-0.15, -0.1) is 0 Å². The molecule has 3 aromatic rings. The maximum absolute atomic E-state index is 14.0. The van der Waals surface area contributed by atoms with Gasteiger partial charge in [-0.25, -0.2) is 9.37 Å². The van der Waals surface area contributed by atoms with Crippen molar-refractivity contribution in [2.75, 3.05) is 29.0 Å². The third-order valence-electron chi connectivity index (χ3n) is 4.81. The van der Waals surface area contributed by atoms with Gasteiger partial charge in [0.1, 0.15) is 10.8 Å². The Morgan fingerprint density at radius 2 is 1.81 bits per heavy atom. The summed E-state index contributed by atoms with van der Waals surface area (Å²) in [5, 5.41) is 11.1. The van der Waals surface area contributed by atoms with E-state index in [0.29, 0.717) is 18.7 Å². The van der Waals surface area contributed by atoms with Crippen LogP contribution in [0, 0.1) is 5.82 Å². The number of anilines is 4. The zero-order valence-corrected chi connectivity index (χ0v) is 19.9. The predicted octanol–water partition coefficient (Wildman–Crippen LogP) is 5.39. The van der Waals surface area contributed by atoms with Crippen LogP contribution in [0.25, 0.3) is 0 Å². The number of nitrogens with zero attached hydrogens (tertiary/aromatic N) is 2. The first-order valence-electron chi connectivity index (χ1n) is 10.8. The van der Waals surface area contributed by atoms with Crippen molar-refractivity contribution in [2.45, 2.75) is 12.6 Å². The molecule has 0 bridgehead atoms. The number of rotatable bonds is 10. The Labute approximate surface area is 214 Å². The van der Waals surface area contributed by atoms with Gasteiger partial charge in [-0.2, -0.15) is 18.2 Å². The number of benzene rings is 2. The van der Waals surface area contributed by atoms with Crippen LogP contribution in [-0.4, -0.2) is 34.9 Å². The molecule has 0 aliphatic rings. The van der Waals surface area contributed by atoms with Crippen LogP contribution in [0.4, 0.5) is 40.7 Å². The Hall–Kier alpha value is -4.19. The molecule has 1 aromatic heterocycles. The zero-order chi connectivity index (χ0) is 27.0. The summed E-state index contributed by atoms with van der Waals surface area (Å²) in [6.45, 7) is 3.93. The van der Waals surface area contributed by atoms with E-state index in [1.807, 2.05) is 0 Å². The van der Waals surface area contributed by atoms with Crippen molar-refractivity contribution in [1.29, 1.82) is 0 Å². The van der Waals surface area contributed by atoms with E-state index < -0.39 is 29.4 Å². The second-order valence-electron chi connectivity index (χ2n) is 7.51. The maximum Gasteiger partial charge on any atom is 0.416 e. The molecule has 0 spiro atoms. The zero-order valence-electron chi connectivity index (χ0n) is 19.1. The first-order valence-corrected chi connectivity index (χ1v) is 11.2. The van der Waals surface area contributed by atoms with Crippen molar-refractivity contribution >= 4 is 46.6 Å². The normalized spacial score (nSPS) is 10.9. The molecule has 37 heavy (non-hydrogen) atoms. The largest absolute Gasteiger partial charge is 0.416 e. The van der Waals surface area contributed by atoms with Crippen molar-refractivity contribution < 1.29 is 27.2 Å². The minimum Gasteiger partial charge on any atom is -0.354 e. The van der Waals surface area contributed by atoms with Gasteiger partial charge in [0.2, 0.25) is 11.9 Å². The lowest BCUT2D eigenvalue weighted by molar-refractivity contribution is -0.137. The van der Waals surface area contributed by atoms with E-state index in [1.165, 1.54) is 18.3 Å². The lowest BCUT2D eigenvalue weighted by Crippen LogP contribution is -2.26. The van der Waals surface area contributed by atoms with Crippen molar-refractivity contribution in [3.63, 3.8) is 0 Å². The maximum atomic E-state index is 14.0. The summed E-state index contributed by atoms with van der Waals surface area (Å²) in [6, 6.07) is 7.89. The van der Waals surface area contributed by atoms with Gasteiger partial charge < -0.3 is 21.3 Å². The molecular formula is C24H21ClF4N6O2. The molecule has 0 radical (unpaired) electrons. The summed E-state index contributed by atoms with van der Waals surface area (Å²) < 4.78 is 51.8. The summed E-state index contributed by atoms with van der Waals surface area (Å²) in [7, 11) is 0. The third-order valence-corrected chi connectivity index (χ3v) is 5.09. The second-order valence-corrected chi connectivity index (χ2v) is 7.92. The minimum atomic E-state index is -4.47. The van der Waals surface area contributed by atoms with Crippen LogP contribution in [0.5, 0.6) is 0 Å². The summed E-state index contributed by atoms with van der Waals surface area (Å²) in [5.74, 6) is -1.25. The van der Waals surface area contributed by atoms with Gasteiger partial charge in [-0.05, 0) is 55.0 Å². The molecule has 2 aromatic carbocycles. The number of aromatic nitrogens is 2. The SMILES string of the molecule is C=CC(=O)Nc1cc(Nc2nc(NCCCNC(=O)c3ccc(C(F)(F)F)cc3)ncc2Cl)ccc1F. The Morgan fingerprint density at radius 3 is 2.49 bits per heavy atom. The molecule has 0 aliphatic carbocycles. The standard InChI is InChI=1S/C24H21ClF4N6O2/c1-2-20(36)34-19-12-16(8-9-18(19)26)33-21-17(25)13-32-23(35-21)31-11-3-10-30-22(37)14-4-6-15(7-5-14)24(27,28)29/h2,4-9,12-13H,1,3,10-11H2,(H,30,37)(H,34,36)(H2,31,32,33,35). The molecular weight excluding hydrogens is 516 g/mol. The van der Waals surface area contributed by atoms with E-state index in [9.17, 15) is 27.2 Å². The molecule has 8 nitrogen and oxygen atoms in total. The topological polar surface area (TPSA) is 108 Å². The van der Waals surface area contributed by atoms with Gasteiger partial charge in [0.05, 0.1) is 17.4 Å². The van der Waals surface area contributed by atoms with Gasteiger partial charge >= 0.3 is 6.18 Å². The fraction of sp³-hybridized carbons (Fsp3) is 0.167. The fourth-order valence-corrected chi connectivity index (χ4v) is 3.10. The minimum absolute atomic E-state index is 0.0585. The molecule has 0 saturated carbocycles. The molecule has 3 rings (SSSR count). The molecule has 0 fully saturated rings. The molecule has 0 saturated heterocycles. The molecule has 1 heterocycles. The first kappa shape index (κ1) is 27.4. The van der Waals surface area contributed by atoms with E-state index in [-0.39, 0.29) is 34.6 Å². The van der Waals surface area contributed by atoms with Crippen molar-refractivity contribution in [1.82, 2.24) is 15.3 Å². The van der Waals surface area contributed by atoms with Crippen molar-refractivity contribution in [3.8, 4) is 0 Å². The summed E-state index contributed by atoms with van der Waals surface area (Å²) in [6.07, 6.45) is -1.63. The van der Waals surface area contributed by atoms with E-state index in [2.05, 4.69) is 37.8 Å². The Morgan fingerprint density at radius 1 is 1.08 bits per heavy atom. The quantitative estimate of drug-likeness (QED) is 0.157. The van der Waals surface area contributed by atoms with E-state index in [1.54, 1.807) is 0 Å². The van der Waals surface area contributed by atoms with Gasteiger partial charge in [0.15, 0.2) is 5.82 Å². The fourth-order valence-electron chi connectivity index (χ4n) is 2.96. The van der Waals surface area contributed by atoms with Crippen LogP contribution in [0.3, 0.4) is 0 Å². The van der Waals surface area contributed by atoms with Gasteiger partial charge in [-0.3, -0.25) is 9.59 Å². The van der Waals surface area contributed by atoms with Gasteiger partial charge in [-0.1, -0.05) is 18.2 Å². The Kier molecular flexibility index (Phi) is 9.01. The number of amides is 2. The number of halogens is 5. The molecule has 0 aliphatic heterocycles. The smallest absolute Gasteiger partial charge is 0.354 e. The molecule has 0 unspecified atom stereocenters. The third kappa shape index (κ3) is 7.90. The Bertz CT molecular complexity index is 1290. The molecule has 2 amide bonds. The summed E-state index contributed by atoms with van der Waals surface area (Å²) in [5.41, 5.74) is -0.370. The molecule has 13 heteroatoms. The first-order chi connectivity index (χ1) is 17.6. The molecule has 4 N–H and O–H groups in total. The lowest BCUT2D eigenvalue weighted by atomic mass is 10.1. The number of carbonyl (C=O) groups excluding carboxylic acids is 2. The number of hydrogen-bond donors (Lipinski definition) is 4. The van der Waals surface area contributed by atoms with Crippen LogP contribution >= 0.6 is 11.6 Å². The van der Waals surface area contributed by atoms with Crippen LogP contribution < -0.4 is 21.3 Å².